The zero-order valence-electron chi connectivity index (χ0n) is 15.1. The molecule has 4 nitrogen and oxygen atoms in total. The van der Waals surface area contributed by atoms with Gasteiger partial charge in [0.2, 0.25) is 0 Å². The summed E-state index contributed by atoms with van der Waals surface area (Å²) < 4.78 is 0. The third-order valence-electron chi connectivity index (χ3n) is 4.88. The molecule has 2 aromatic heterocycles. The topological polar surface area (TPSA) is 45.2 Å². The maximum absolute atomic E-state index is 12.1. The smallest absolute Gasteiger partial charge is 0.261 e. The Morgan fingerprint density at radius 2 is 2.07 bits per heavy atom. The summed E-state index contributed by atoms with van der Waals surface area (Å²) in [7, 11) is 0. The zero-order valence-corrected chi connectivity index (χ0v) is 16.8. The van der Waals surface area contributed by atoms with Gasteiger partial charge < -0.3 is 5.32 Å². The van der Waals surface area contributed by atoms with E-state index in [-0.39, 0.29) is 5.91 Å². The summed E-state index contributed by atoms with van der Waals surface area (Å²) in [5.41, 5.74) is 2.24. The quantitative estimate of drug-likeness (QED) is 0.665. The van der Waals surface area contributed by atoms with Gasteiger partial charge in [-0.2, -0.15) is 0 Å². The molecule has 1 atom stereocenters. The summed E-state index contributed by atoms with van der Waals surface area (Å²) in [5.74, 6) is 0.561. The molecule has 0 saturated carbocycles. The van der Waals surface area contributed by atoms with E-state index in [1.54, 1.807) is 11.3 Å². The van der Waals surface area contributed by atoms with E-state index in [2.05, 4.69) is 27.7 Å². The second kappa shape index (κ2) is 8.78. The molecule has 1 fully saturated rings. The third-order valence-corrected chi connectivity index (χ3v) is 6.58. The molecule has 3 aromatic rings. The SMILES string of the molecule is O=C(NCC1CCCN(Cc2nc(-c3ccccc3)cs2)C1)c1cccs1. The average Bonchev–Trinajstić information content (AvgIpc) is 3.39. The number of hydrogen-bond donors (Lipinski definition) is 1. The highest BCUT2D eigenvalue weighted by Gasteiger charge is 2.21. The first kappa shape index (κ1) is 18.3. The molecule has 4 rings (SSSR count). The van der Waals surface area contributed by atoms with Crippen LogP contribution in [0.15, 0.2) is 53.2 Å². The van der Waals surface area contributed by atoms with Crippen LogP contribution < -0.4 is 5.32 Å². The first-order chi connectivity index (χ1) is 13.3. The van der Waals surface area contributed by atoms with Gasteiger partial charge in [0.1, 0.15) is 5.01 Å². The fourth-order valence-corrected chi connectivity index (χ4v) is 4.99. The number of carbonyl (C=O) groups excluding carboxylic acids is 1. The van der Waals surface area contributed by atoms with Gasteiger partial charge in [0.05, 0.1) is 17.1 Å². The summed E-state index contributed by atoms with van der Waals surface area (Å²) in [6.45, 7) is 3.77. The number of nitrogens with zero attached hydrogens (tertiary/aromatic N) is 2. The summed E-state index contributed by atoms with van der Waals surface area (Å²) in [6.07, 6.45) is 2.35. The second-order valence-corrected chi connectivity index (χ2v) is 8.81. The monoisotopic (exact) mass is 397 g/mol. The van der Waals surface area contributed by atoms with Crippen LogP contribution in [-0.2, 0) is 6.54 Å². The van der Waals surface area contributed by atoms with Crippen LogP contribution in [0.1, 0.15) is 27.5 Å². The van der Waals surface area contributed by atoms with Crippen molar-refractivity contribution < 1.29 is 4.79 Å². The van der Waals surface area contributed by atoms with Gasteiger partial charge in [0.25, 0.3) is 5.91 Å². The van der Waals surface area contributed by atoms with Gasteiger partial charge in [-0.25, -0.2) is 4.98 Å². The Balaban J connectivity index is 1.30. The summed E-state index contributed by atoms with van der Waals surface area (Å²) >= 11 is 3.23. The number of benzene rings is 1. The van der Waals surface area contributed by atoms with Crippen molar-refractivity contribution in [3.8, 4) is 11.3 Å². The Morgan fingerprint density at radius 1 is 1.19 bits per heavy atom. The number of aromatic nitrogens is 1. The van der Waals surface area contributed by atoms with Crippen LogP contribution in [0.3, 0.4) is 0 Å². The van der Waals surface area contributed by atoms with E-state index < -0.39 is 0 Å². The molecule has 0 spiro atoms. The van der Waals surface area contributed by atoms with Gasteiger partial charge in [0, 0.05) is 24.0 Å². The van der Waals surface area contributed by atoms with Gasteiger partial charge in [-0.3, -0.25) is 9.69 Å². The van der Waals surface area contributed by atoms with Crippen LogP contribution in [0, 0.1) is 5.92 Å². The number of thiophene rings is 1. The largest absolute Gasteiger partial charge is 0.351 e. The molecule has 1 unspecified atom stereocenters. The van der Waals surface area contributed by atoms with Crippen molar-refractivity contribution in [2.75, 3.05) is 19.6 Å². The molecule has 1 aromatic carbocycles. The minimum Gasteiger partial charge on any atom is -0.351 e. The van der Waals surface area contributed by atoms with E-state index in [1.165, 1.54) is 29.7 Å². The van der Waals surface area contributed by atoms with Gasteiger partial charge in [0.15, 0.2) is 0 Å². The minimum absolute atomic E-state index is 0.0505. The van der Waals surface area contributed by atoms with Gasteiger partial charge in [-0.15, -0.1) is 22.7 Å². The lowest BCUT2D eigenvalue weighted by atomic mass is 9.98. The van der Waals surface area contributed by atoms with Gasteiger partial charge >= 0.3 is 0 Å². The highest BCUT2D eigenvalue weighted by atomic mass is 32.1. The van der Waals surface area contributed by atoms with E-state index in [9.17, 15) is 4.79 Å². The van der Waals surface area contributed by atoms with E-state index in [1.807, 2.05) is 35.7 Å². The first-order valence-corrected chi connectivity index (χ1v) is 11.1. The molecule has 3 heterocycles. The molecular formula is C21H23N3OS2. The average molecular weight is 398 g/mol. The van der Waals surface area contributed by atoms with Crippen molar-refractivity contribution in [3.05, 3.63) is 63.1 Å². The van der Waals surface area contributed by atoms with Crippen LogP contribution in [0.2, 0.25) is 0 Å². The number of carbonyl (C=O) groups is 1. The molecule has 0 radical (unpaired) electrons. The van der Waals surface area contributed by atoms with Crippen LogP contribution in [-0.4, -0.2) is 35.4 Å². The lowest BCUT2D eigenvalue weighted by Gasteiger charge is -2.32. The maximum Gasteiger partial charge on any atom is 0.261 e. The van der Waals surface area contributed by atoms with E-state index in [0.29, 0.717) is 5.92 Å². The predicted molar refractivity (Wildman–Crippen MR) is 112 cm³/mol. The zero-order chi connectivity index (χ0) is 18.5. The van der Waals surface area contributed by atoms with Crippen molar-refractivity contribution in [3.63, 3.8) is 0 Å². The predicted octanol–water partition coefficient (Wildman–Crippen LogP) is 4.51. The van der Waals surface area contributed by atoms with Crippen LogP contribution in [0.5, 0.6) is 0 Å². The lowest BCUT2D eigenvalue weighted by Crippen LogP contribution is -2.40. The van der Waals surface area contributed by atoms with Gasteiger partial charge in [-0.1, -0.05) is 36.4 Å². The first-order valence-electron chi connectivity index (χ1n) is 9.32. The number of rotatable bonds is 6. The minimum atomic E-state index is 0.0505. The van der Waals surface area contributed by atoms with Crippen LogP contribution in [0.4, 0.5) is 0 Å². The number of thiazole rings is 1. The molecule has 1 amide bonds. The van der Waals surface area contributed by atoms with E-state index >= 15 is 0 Å². The molecule has 1 N–H and O–H groups in total. The molecule has 6 heteroatoms. The Labute approximate surface area is 167 Å². The lowest BCUT2D eigenvalue weighted by molar-refractivity contribution is 0.0934. The number of likely N-dealkylation sites (tertiary alicyclic amines) is 1. The number of nitrogens with one attached hydrogen (secondary N) is 1. The Morgan fingerprint density at radius 3 is 2.89 bits per heavy atom. The molecule has 1 aliphatic heterocycles. The van der Waals surface area contributed by atoms with Gasteiger partial charge in [-0.05, 0) is 36.8 Å². The van der Waals surface area contributed by atoms with Crippen molar-refractivity contribution in [1.82, 2.24) is 15.2 Å². The van der Waals surface area contributed by atoms with Crippen molar-refractivity contribution in [2.45, 2.75) is 19.4 Å². The van der Waals surface area contributed by atoms with Crippen molar-refractivity contribution in [1.29, 1.82) is 0 Å². The molecule has 0 aliphatic carbocycles. The molecule has 1 aliphatic rings. The number of piperidine rings is 1. The normalized spacial score (nSPS) is 17.7. The Hall–Kier alpha value is -2.02. The molecule has 27 heavy (non-hydrogen) atoms. The molecular weight excluding hydrogens is 374 g/mol. The number of amides is 1. The summed E-state index contributed by atoms with van der Waals surface area (Å²) in [5, 5.41) is 8.35. The fraction of sp³-hybridized carbons (Fsp3) is 0.333. The Kier molecular flexibility index (Phi) is 5.97. The number of hydrogen-bond acceptors (Lipinski definition) is 5. The van der Waals surface area contributed by atoms with E-state index in [4.69, 9.17) is 4.98 Å². The van der Waals surface area contributed by atoms with Crippen LogP contribution in [0.25, 0.3) is 11.3 Å². The van der Waals surface area contributed by atoms with E-state index in [0.717, 1.165) is 41.8 Å². The van der Waals surface area contributed by atoms with Crippen molar-refractivity contribution in [2.24, 2.45) is 5.92 Å². The highest BCUT2D eigenvalue weighted by Crippen LogP contribution is 2.24. The molecule has 0 bridgehead atoms. The fourth-order valence-electron chi connectivity index (χ4n) is 3.51. The Bertz CT molecular complexity index is 861. The third kappa shape index (κ3) is 4.83. The standard InChI is InChI=1S/C21H23N3OS2/c25-21(19-9-5-11-26-19)22-12-16-6-4-10-24(13-16)14-20-23-18(15-27-20)17-7-2-1-3-8-17/h1-3,5,7-9,11,15-16H,4,6,10,12-14H2,(H,22,25). The van der Waals surface area contributed by atoms with Crippen LogP contribution >= 0.6 is 22.7 Å². The second-order valence-electron chi connectivity index (χ2n) is 6.92. The summed E-state index contributed by atoms with van der Waals surface area (Å²) in [4.78, 5) is 20.2. The summed E-state index contributed by atoms with van der Waals surface area (Å²) in [6, 6.07) is 14.1. The molecule has 140 valence electrons. The maximum atomic E-state index is 12.1. The van der Waals surface area contributed by atoms with Crippen molar-refractivity contribution >= 4 is 28.6 Å². The highest BCUT2D eigenvalue weighted by molar-refractivity contribution is 7.12. The molecule has 1 saturated heterocycles.